The van der Waals surface area contributed by atoms with Gasteiger partial charge in [-0.25, -0.2) is 9.97 Å². The Morgan fingerprint density at radius 2 is 2.28 bits per heavy atom. The van der Waals surface area contributed by atoms with Gasteiger partial charge >= 0.3 is 0 Å². The summed E-state index contributed by atoms with van der Waals surface area (Å²) in [4.78, 5) is 25.2. The standard InChI is InChI=1S/C18H25N5O2/c1-22(12-17-20-7-4-16(19)21-17)15-3-2-8-23(9-5-15)18(24)11-14-6-10-25-13-14/h4,6-7,10,13,15H,2-3,5,8-9,11-12H2,1H3,(H2,19,20,21)/t15-/m1/s1. The smallest absolute Gasteiger partial charge is 0.227 e. The number of hydrogen-bond donors (Lipinski definition) is 1. The molecule has 1 fully saturated rings. The molecule has 25 heavy (non-hydrogen) atoms. The molecule has 0 aromatic carbocycles. The summed E-state index contributed by atoms with van der Waals surface area (Å²) in [6, 6.07) is 3.95. The van der Waals surface area contributed by atoms with Crippen molar-refractivity contribution in [3.63, 3.8) is 0 Å². The molecule has 134 valence electrons. The minimum absolute atomic E-state index is 0.170. The largest absolute Gasteiger partial charge is 0.472 e. The number of amides is 1. The summed E-state index contributed by atoms with van der Waals surface area (Å²) in [6.45, 7) is 2.26. The van der Waals surface area contributed by atoms with Crippen LogP contribution in [0.1, 0.15) is 30.7 Å². The molecule has 7 nitrogen and oxygen atoms in total. The topological polar surface area (TPSA) is 88.5 Å². The third-order valence-electron chi connectivity index (χ3n) is 4.73. The molecule has 7 heteroatoms. The molecule has 0 spiro atoms. The van der Waals surface area contributed by atoms with E-state index in [1.54, 1.807) is 24.8 Å². The fraction of sp³-hybridized carbons (Fsp3) is 0.500. The van der Waals surface area contributed by atoms with Gasteiger partial charge in [0.1, 0.15) is 11.6 Å². The lowest BCUT2D eigenvalue weighted by Gasteiger charge is -2.26. The number of nitrogens with zero attached hydrogens (tertiary/aromatic N) is 4. The first-order valence-electron chi connectivity index (χ1n) is 8.68. The number of likely N-dealkylation sites (tertiary alicyclic amines) is 1. The molecule has 3 heterocycles. The van der Waals surface area contributed by atoms with Gasteiger partial charge in [0.2, 0.25) is 5.91 Å². The van der Waals surface area contributed by atoms with Gasteiger partial charge in [-0.15, -0.1) is 0 Å². The van der Waals surface area contributed by atoms with Crippen LogP contribution >= 0.6 is 0 Å². The highest BCUT2D eigenvalue weighted by Gasteiger charge is 2.23. The number of aromatic nitrogens is 2. The summed E-state index contributed by atoms with van der Waals surface area (Å²) >= 11 is 0. The van der Waals surface area contributed by atoms with E-state index in [1.165, 1.54) is 0 Å². The van der Waals surface area contributed by atoms with E-state index in [-0.39, 0.29) is 5.91 Å². The van der Waals surface area contributed by atoms with Crippen molar-refractivity contribution in [2.45, 2.75) is 38.3 Å². The van der Waals surface area contributed by atoms with Crippen LogP contribution < -0.4 is 5.73 Å². The first kappa shape index (κ1) is 17.4. The molecule has 1 aliphatic heterocycles. The van der Waals surface area contributed by atoms with Gasteiger partial charge in [0.05, 0.1) is 25.5 Å². The van der Waals surface area contributed by atoms with Crippen LogP contribution in [-0.4, -0.2) is 51.9 Å². The molecule has 0 radical (unpaired) electrons. The van der Waals surface area contributed by atoms with Crippen molar-refractivity contribution in [2.24, 2.45) is 0 Å². The lowest BCUT2D eigenvalue weighted by molar-refractivity contribution is -0.130. The Hall–Kier alpha value is -2.41. The lowest BCUT2D eigenvalue weighted by atomic mass is 10.1. The fourth-order valence-corrected chi connectivity index (χ4v) is 3.29. The third kappa shape index (κ3) is 4.79. The maximum atomic E-state index is 12.5. The molecule has 0 saturated carbocycles. The number of anilines is 1. The fourth-order valence-electron chi connectivity index (χ4n) is 3.29. The van der Waals surface area contributed by atoms with E-state index in [4.69, 9.17) is 10.2 Å². The van der Waals surface area contributed by atoms with Crippen LogP contribution in [-0.2, 0) is 17.8 Å². The predicted octanol–water partition coefficient (Wildman–Crippen LogP) is 1.71. The molecule has 1 atom stereocenters. The van der Waals surface area contributed by atoms with E-state index in [2.05, 4.69) is 21.9 Å². The molecule has 1 aliphatic rings. The van der Waals surface area contributed by atoms with Gasteiger partial charge < -0.3 is 15.1 Å². The van der Waals surface area contributed by atoms with Gasteiger partial charge in [-0.1, -0.05) is 0 Å². The minimum Gasteiger partial charge on any atom is -0.472 e. The van der Waals surface area contributed by atoms with Crippen LogP contribution in [0.5, 0.6) is 0 Å². The van der Waals surface area contributed by atoms with Crippen molar-refractivity contribution >= 4 is 11.7 Å². The minimum atomic E-state index is 0.170. The molecular weight excluding hydrogens is 318 g/mol. The van der Waals surface area contributed by atoms with Gasteiger partial charge in [0, 0.05) is 25.3 Å². The highest BCUT2D eigenvalue weighted by atomic mass is 16.3. The van der Waals surface area contributed by atoms with Crippen molar-refractivity contribution in [2.75, 3.05) is 25.9 Å². The molecule has 2 N–H and O–H groups in total. The van der Waals surface area contributed by atoms with E-state index in [0.717, 1.165) is 43.7 Å². The molecule has 1 saturated heterocycles. The van der Waals surface area contributed by atoms with E-state index in [1.807, 2.05) is 11.0 Å². The third-order valence-corrected chi connectivity index (χ3v) is 4.73. The first-order valence-corrected chi connectivity index (χ1v) is 8.68. The van der Waals surface area contributed by atoms with Crippen LogP contribution in [0.3, 0.4) is 0 Å². The Kier molecular flexibility index (Phi) is 5.65. The average molecular weight is 343 g/mol. The second-order valence-corrected chi connectivity index (χ2v) is 6.59. The molecule has 3 rings (SSSR count). The Morgan fingerprint density at radius 1 is 1.40 bits per heavy atom. The number of nitrogen functional groups attached to an aromatic ring is 1. The highest BCUT2D eigenvalue weighted by Crippen LogP contribution is 2.18. The first-order chi connectivity index (χ1) is 12.1. The molecule has 0 bridgehead atoms. The van der Waals surface area contributed by atoms with Crippen molar-refractivity contribution in [3.05, 3.63) is 42.2 Å². The van der Waals surface area contributed by atoms with E-state index >= 15 is 0 Å². The summed E-state index contributed by atoms with van der Waals surface area (Å²) < 4.78 is 5.04. The molecule has 2 aromatic rings. The monoisotopic (exact) mass is 343 g/mol. The van der Waals surface area contributed by atoms with Crippen LogP contribution in [0.25, 0.3) is 0 Å². The van der Waals surface area contributed by atoms with Gasteiger partial charge in [0.15, 0.2) is 0 Å². The Morgan fingerprint density at radius 3 is 3.04 bits per heavy atom. The van der Waals surface area contributed by atoms with Gasteiger partial charge in [-0.05, 0) is 44.0 Å². The van der Waals surface area contributed by atoms with Crippen molar-refractivity contribution < 1.29 is 9.21 Å². The Bertz CT molecular complexity index is 689. The van der Waals surface area contributed by atoms with Gasteiger partial charge in [-0.2, -0.15) is 0 Å². The number of carbonyl (C=O) groups excluding carboxylic acids is 1. The van der Waals surface area contributed by atoms with Crippen molar-refractivity contribution in [1.82, 2.24) is 19.8 Å². The number of hydrogen-bond acceptors (Lipinski definition) is 6. The van der Waals surface area contributed by atoms with Crippen molar-refractivity contribution in [3.8, 4) is 0 Å². The average Bonchev–Trinajstić information content (AvgIpc) is 2.95. The second kappa shape index (κ2) is 8.11. The number of carbonyl (C=O) groups is 1. The summed E-state index contributed by atoms with van der Waals surface area (Å²) in [5.41, 5.74) is 6.66. The lowest BCUT2D eigenvalue weighted by Crippen LogP contribution is -2.35. The number of rotatable bonds is 5. The number of furan rings is 1. The summed E-state index contributed by atoms with van der Waals surface area (Å²) in [6.07, 6.45) is 8.36. The number of nitrogens with two attached hydrogens (primary N) is 1. The molecular formula is C18H25N5O2. The van der Waals surface area contributed by atoms with Crippen LogP contribution in [0, 0.1) is 0 Å². The Balaban J connectivity index is 1.53. The maximum absolute atomic E-state index is 12.5. The quantitative estimate of drug-likeness (QED) is 0.889. The van der Waals surface area contributed by atoms with E-state index < -0.39 is 0 Å². The SMILES string of the molecule is CN(Cc1nccc(N)n1)[C@@H]1CCCN(C(=O)Cc2ccoc2)CC1. The van der Waals surface area contributed by atoms with E-state index in [0.29, 0.717) is 24.8 Å². The van der Waals surface area contributed by atoms with Crippen LogP contribution in [0.4, 0.5) is 5.82 Å². The molecule has 2 aromatic heterocycles. The summed E-state index contributed by atoms with van der Waals surface area (Å²) in [5.74, 6) is 1.40. The highest BCUT2D eigenvalue weighted by molar-refractivity contribution is 5.78. The van der Waals surface area contributed by atoms with E-state index in [9.17, 15) is 4.79 Å². The zero-order chi connectivity index (χ0) is 17.6. The summed E-state index contributed by atoms with van der Waals surface area (Å²) in [7, 11) is 2.08. The predicted molar refractivity (Wildman–Crippen MR) is 94.5 cm³/mol. The summed E-state index contributed by atoms with van der Waals surface area (Å²) in [5, 5.41) is 0. The van der Waals surface area contributed by atoms with Gasteiger partial charge in [0.25, 0.3) is 0 Å². The normalized spacial score (nSPS) is 18.3. The van der Waals surface area contributed by atoms with Crippen LogP contribution in [0.2, 0.25) is 0 Å². The van der Waals surface area contributed by atoms with Crippen LogP contribution in [0.15, 0.2) is 35.3 Å². The molecule has 0 aliphatic carbocycles. The molecule has 0 unspecified atom stereocenters. The zero-order valence-corrected chi connectivity index (χ0v) is 14.6. The molecule has 1 amide bonds. The zero-order valence-electron chi connectivity index (χ0n) is 14.6. The van der Waals surface area contributed by atoms with Gasteiger partial charge in [-0.3, -0.25) is 9.69 Å². The second-order valence-electron chi connectivity index (χ2n) is 6.59. The Labute approximate surface area is 147 Å². The van der Waals surface area contributed by atoms with Crippen molar-refractivity contribution in [1.29, 1.82) is 0 Å². The maximum Gasteiger partial charge on any atom is 0.227 e.